The van der Waals surface area contributed by atoms with Crippen molar-refractivity contribution >= 4 is 28.4 Å². The molecule has 0 atom stereocenters. The molecular weight excluding hydrogens is 303 g/mol. The molecule has 2 aromatic heterocycles. The Morgan fingerprint density at radius 1 is 1.35 bits per heavy atom. The molecule has 0 spiro atoms. The molecule has 23 heavy (non-hydrogen) atoms. The van der Waals surface area contributed by atoms with Gasteiger partial charge in [0.05, 0.1) is 36.1 Å². The monoisotopic (exact) mass is 316 g/mol. The van der Waals surface area contributed by atoms with Crippen LogP contribution in [0.5, 0.6) is 0 Å². The van der Waals surface area contributed by atoms with Crippen LogP contribution in [0.3, 0.4) is 0 Å². The molecule has 3 N–H and O–H groups in total. The Balaban J connectivity index is 2.10. The zero-order valence-electron chi connectivity index (χ0n) is 11.9. The predicted octanol–water partition coefficient (Wildman–Crippen LogP) is 2.00. The number of pyridine rings is 1. The number of aromatic carboxylic acids is 1. The number of aliphatic hydroxyl groups excluding tert-OH is 1. The number of aromatic nitrogens is 3. The van der Waals surface area contributed by atoms with Gasteiger partial charge in [-0.15, -0.1) is 0 Å². The first-order chi connectivity index (χ1) is 11.1. The van der Waals surface area contributed by atoms with Crippen molar-refractivity contribution in [3.8, 4) is 0 Å². The Hall–Kier alpha value is -3.00. The van der Waals surface area contributed by atoms with Crippen LogP contribution in [0.15, 0.2) is 36.7 Å². The van der Waals surface area contributed by atoms with Gasteiger partial charge in [-0.1, -0.05) is 0 Å². The minimum Gasteiger partial charge on any atom is -0.478 e. The van der Waals surface area contributed by atoms with E-state index in [0.717, 1.165) is 0 Å². The number of fused-ring (bicyclic) bond motifs is 1. The quantitative estimate of drug-likeness (QED) is 0.666. The molecule has 0 fully saturated rings. The minimum absolute atomic E-state index is 0.0289. The maximum absolute atomic E-state index is 13.5. The average molecular weight is 316 g/mol. The highest BCUT2D eigenvalue weighted by Crippen LogP contribution is 2.27. The maximum Gasteiger partial charge on any atom is 0.337 e. The second-order valence-corrected chi connectivity index (χ2v) is 4.81. The zero-order valence-corrected chi connectivity index (χ0v) is 11.9. The van der Waals surface area contributed by atoms with E-state index in [9.17, 15) is 14.3 Å². The maximum atomic E-state index is 13.5. The van der Waals surface area contributed by atoms with Gasteiger partial charge in [-0.05, 0) is 24.3 Å². The first-order valence-corrected chi connectivity index (χ1v) is 6.81. The lowest BCUT2D eigenvalue weighted by atomic mass is 10.2. The van der Waals surface area contributed by atoms with E-state index in [1.807, 2.05) is 0 Å². The van der Waals surface area contributed by atoms with Crippen molar-refractivity contribution in [3.05, 3.63) is 48.0 Å². The third kappa shape index (κ3) is 2.84. The number of aliphatic hydroxyl groups is 1. The third-order valence-electron chi connectivity index (χ3n) is 3.33. The van der Waals surface area contributed by atoms with Crippen LogP contribution in [0.1, 0.15) is 10.4 Å². The van der Waals surface area contributed by atoms with Crippen molar-refractivity contribution in [1.29, 1.82) is 0 Å². The summed E-state index contributed by atoms with van der Waals surface area (Å²) in [4.78, 5) is 15.1. The molecule has 0 bridgehead atoms. The van der Waals surface area contributed by atoms with Gasteiger partial charge in [-0.2, -0.15) is 5.10 Å². The number of anilines is 2. The van der Waals surface area contributed by atoms with E-state index in [2.05, 4.69) is 15.4 Å². The van der Waals surface area contributed by atoms with Gasteiger partial charge in [0.15, 0.2) is 5.82 Å². The molecule has 7 nitrogen and oxygen atoms in total. The summed E-state index contributed by atoms with van der Waals surface area (Å²) in [5.74, 6) is -1.25. The van der Waals surface area contributed by atoms with E-state index in [0.29, 0.717) is 16.7 Å². The van der Waals surface area contributed by atoms with Gasteiger partial charge in [0, 0.05) is 11.6 Å². The van der Waals surface area contributed by atoms with Crippen molar-refractivity contribution < 1.29 is 19.4 Å². The van der Waals surface area contributed by atoms with Crippen LogP contribution >= 0.6 is 0 Å². The molecule has 0 unspecified atom stereocenters. The summed E-state index contributed by atoms with van der Waals surface area (Å²) in [6.45, 7) is 0.115. The van der Waals surface area contributed by atoms with E-state index in [1.54, 1.807) is 6.07 Å². The van der Waals surface area contributed by atoms with Crippen molar-refractivity contribution in [1.82, 2.24) is 14.8 Å². The fourth-order valence-corrected chi connectivity index (χ4v) is 2.32. The van der Waals surface area contributed by atoms with Crippen molar-refractivity contribution in [2.75, 3.05) is 11.9 Å². The SMILES string of the molecule is O=C(O)c1ccncc1Nc1nn(CCO)c2ccc(F)cc12. The third-order valence-corrected chi connectivity index (χ3v) is 3.33. The summed E-state index contributed by atoms with van der Waals surface area (Å²) in [7, 11) is 0. The highest BCUT2D eigenvalue weighted by atomic mass is 19.1. The highest BCUT2D eigenvalue weighted by Gasteiger charge is 2.15. The van der Waals surface area contributed by atoms with Gasteiger partial charge in [-0.25, -0.2) is 9.18 Å². The minimum atomic E-state index is -1.11. The molecule has 2 heterocycles. The van der Waals surface area contributed by atoms with E-state index in [1.165, 1.54) is 35.3 Å². The molecular formula is C15H13FN4O3. The number of nitrogens with one attached hydrogen (secondary N) is 1. The number of halogens is 1. The number of rotatable bonds is 5. The lowest BCUT2D eigenvalue weighted by Gasteiger charge is -2.06. The fourth-order valence-electron chi connectivity index (χ4n) is 2.32. The van der Waals surface area contributed by atoms with Crippen LogP contribution in [-0.4, -0.2) is 37.6 Å². The van der Waals surface area contributed by atoms with Gasteiger partial charge in [0.2, 0.25) is 0 Å². The van der Waals surface area contributed by atoms with Gasteiger partial charge < -0.3 is 15.5 Å². The number of benzene rings is 1. The Kier molecular flexibility index (Phi) is 3.90. The number of hydrogen-bond acceptors (Lipinski definition) is 5. The molecule has 0 saturated carbocycles. The van der Waals surface area contributed by atoms with Crippen molar-refractivity contribution in [3.63, 3.8) is 0 Å². The molecule has 3 aromatic rings. The van der Waals surface area contributed by atoms with Crippen LogP contribution in [0.4, 0.5) is 15.9 Å². The number of hydrogen-bond donors (Lipinski definition) is 3. The summed E-state index contributed by atoms with van der Waals surface area (Å²) in [5, 5.41) is 25.9. The number of carboxylic acids is 1. The Bertz CT molecular complexity index is 878. The molecule has 0 aliphatic rings. The van der Waals surface area contributed by atoms with Gasteiger partial charge in [0.25, 0.3) is 0 Å². The average Bonchev–Trinajstić information content (AvgIpc) is 2.85. The number of carboxylic acid groups (broad SMARTS) is 1. The predicted molar refractivity (Wildman–Crippen MR) is 81.3 cm³/mol. The Labute approximate surface area is 130 Å². The lowest BCUT2D eigenvalue weighted by molar-refractivity contribution is 0.0698. The second kappa shape index (κ2) is 6.01. The Morgan fingerprint density at radius 2 is 2.17 bits per heavy atom. The number of carbonyl (C=O) groups is 1. The summed E-state index contributed by atoms with van der Waals surface area (Å²) in [6, 6.07) is 5.52. The molecule has 8 heteroatoms. The summed E-state index contributed by atoms with van der Waals surface area (Å²) >= 11 is 0. The fraction of sp³-hybridized carbons (Fsp3) is 0.133. The number of nitrogens with zero attached hydrogens (tertiary/aromatic N) is 3. The van der Waals surface area contributed by atoms with Crippen molar-refractivity contribution in [2.24, 2.45) is 0 Å². The van der Waals surface area contributed by atoms with Crippen molar-refractivity contribution in [2.45, 2.75) is 6.54 Å². The van der Waals surface area contributed by atoms with Gasteiger partial charge in [-0.3, -0.25) is 9.67 Å². The Morgan fingerprint density at radius 3 is 2.91 bits per heavy atom. The largest absolute Gasteiger partial charge is 0.478 e. The molecule has 0 saturated heterocycles. The van der Waals surface area contributed by atoms with Gasteiger partial charge in [0.1, 0.15) is 5.82 Å². The standard InChI is InChI=1S/C15H13FN4O3/c16-9-1-2-13-11(7-9)14(19-20(13)5-6-21)18-12-8-17-4-3-10(12)15(22)23/h1-4,7-8,21H,5-6H2,(H,18,19)(H,22,23). The van der Waals surface area contributed by atoms with E-state index in [-0.39, 0.29) is 24.4 Å². The molecule has 0 amide bonds. The second-order valence-electron chi connectivity index (χ2n) is 4.81. The highest BCUT2D eigenvalue weighted by molar-refractivity contribution is 5.97. The van der Waals surface area contributed by atoms with Crippen LogP contribution in [0.25, 0.3) is 10.9 Å². The van der Waals surface area contributed by atoms with Crippen LogP contribution in [0.2, 0.25) is 0 Å². The van der Waals surface area contributed by atoms with E-state index >= 15 is 0 Å². The summed E-state index contributed by atoms with van der Waals surface area (Å²) in [5.41, 5.74) is 0.907. The lowest BCUT2D eigenvalue weighted by Crippen LogP contribution is -2.06. The topological polar surface area (TPSA) is 100 Å². The zero-order chi connectivity index (χ0) is 16.4. The molecule has 0 aliphatic carbocycles. The normalized spacial score (nSPS) is 10.9. The molecule has 3 rings (SSSR count). The summed E-state index contributed by atoms with van der Waals surface area (Å²) in [6.07, 6.45) is 2.73. The first kappa shape index (κ1) is 14.9. The first-order valence-electron chi connectivity index (χ1n) is 6.81. The van der Waals surface area contributed by atoms with E-state index in [4.69, 9.17) is 5.11 Å². The molecule has 1 aromatic carbocycles. The van der Waals surface area contributed by atoms with Crippen LogP contribution in [-0.2, 0) is 6.54 Å². The molecule has 118 valence electrons. The van der Waals surface area contributed by atoms with E-state index < -0.39 is 11.8 Å². The van der Waals surface area contributed by atoms with Gasteiger partial charge >= 0.3 is 5.97 Å². The molecule has 0 radical (unpaired) electrons. The van der Waals surface area contributed by atoms with Crippen LogP contribution < -0.4 is 5.32 Å². The molecule has 0 aliphatic heterocycles. The van der Waals surface area contributed by atoms with Crippen LogP contribution in [0, 0.1) is 5.82 Å². The smallest absolute Gasteiger partial charge is 0.337 e. The summed E-state index contributed by atoms with van der Waals surface area (Å²) < 4.78 is 15.1.